The lowest BCUT2D eigenvalue weighted by atomic mass is 9.85. The van der Waals surface area contributed by atoms with E-state index in [1.165, 1.54) is 21.6 Å². The first kappa shape index (κ1) is 26.1. The molecule has 4 heterocycles. The van der Waals surface area contributed by atoms with Crippen LogP contribution >= 0.6 is 23.3 Å². The van der Waals surface area contributed by atoms with Gasteiger partial charge >= 0.3 is 0 Å². The third-order valence-corrected chi connectivity index (χ3v) is 7.82. The van der Waals surface area contributed by atoms with Crippen LogP contribution in [0.3, 0.4) is 0 Å². The number of rotatable bonds is 9. The van der Waals surface area contributed by atoms with Crippen molar-refractivity contribution in [1.29, 1.82) is 0 Å². The van der Waals surface area contributed by atoms with Gasteiger partial charge in [0.25, 0.3) is 11.7 Å². The SMILES string of the molecule is C=CC[n+]1c(N)cc(N)nc1C1(C(=O)[O-])CS[C@@H]2C(NC(=O)C(=NOCC)c3nsc(N)n3)C(=O)N2C1. The number of carbonyl (C=O) groups excluding carboxylic acids is 3. The summed E-state index contributed by atoms with van der Waals surface area (Å²) in [6.45, 7) is 5.45. The molecule has 2 aromatic heterocycles. The third kappa shape index (κ3) is 4.62. The Hall–Kier alpha value is -3.99. The predicted octanol–water partition coefficient (Wildman–Crippen LogP) is -3.02. The van der Waals surface area contributed by atoms with E-state index in [1.807, 2.05) is 0 Å². The van der Waals surface area contributed by atoms with Gasteiger partial charge in [0.05, 0.1) is 18.6 Å². The van der Waals surface area contributed by atoms with E-state index in [4.69, 9.17) is 22.0 Å². The van der Waals surface area contributed by atoms with Crippen LogP contribution in [0.1, 0.15) is 18.6 Å². The van der Waals surface area contributed by atoms with Crippen LogP contribution in [0.25, 0.3) is 0 Å². The van der Waals surface area contributed by atoms with E-state index in [-0.39, 0.29) is 59.6 Å². The number of carbonyl (C=O) groups is 3. The van der Waals surface area contributed by atoms with Gasteiger partial charge in [-0.05, 0) is 6.92 Å². The summed E-state index contributed by atoms with van der Waals surface area (Å²) in [6.07, 6.45) is 1.53. The van der Waals surface area contributed by atoms with Crippen LogP contribution in [0.15, 0.2) is 23.9 Å². The molecular formula is C20H24N10O5S2. The number of anilines is 3. The number of β-lactam (4-membered cyclic amide) rings is 1. The van der Waals surface area contributed by atoms with Crippen LogP contribution in [0.4, 0.5) is 16.8 Å². The predicted molar refractivity (Wildman–Crippen MR) is 133 cm³/mol. The minimum atomic E-state index is -1.71. The molecule has 0 spiro atoms. The second kappa shape index (κ2) is 10.2. The summed E-state index contributed by atoms with van der Waals surface area (Å²) in [6, 6.07) is 0.459. The van der Waals surface area contributed by atoms with Gasteiger partial charge in [0.15, 0.2) is 5.13 Å². The molecular weight excluding hydrogens is 524 g/mol. The van der Waals surface area contributed by atoms with E-state index in [9.17, 15) is 19.5 Å². The molecule has 7 N–H and O–H groups in total. The fourth-order valence-electron chi connectivity index (χ4n) is 4.03. The van der Waals surface area contributed by atoms with Gasteiger partial charge in [0.1, 0.15) is 23.4 Å². The minimum absolute atomic E-state index is 0.0206. The maximum atomic E-state index is 13.1. The highest BCUT2D eigenvalue weighted by Crippen LogP contribution is 2.42. The van der Waals surface area contributed by atoms with Crippen LogP contribution in [0, 0.1) is 0 Å². The Morgan fingerprint density at radius 2 is 2.19 bits per heavy atom. The smallest absolute Gasteiger partial charge is 0.278 e. The van der Waals surface area contributed by atoms with Crippen molar-refractivity contribution >= 4 is 63.6 Å². The molecule has 0 radical (unpaired) electrons. The van der Waals surface area contributed by atoms with E-state index in [0.717, 1.165) is 23.3 Å². The summed E-state index contributed by atoms with van der Waals surface area (Å²) in [7, 11) is 0. The quantitative estimate of drug-likeness (QED) is 0.0806. The van der Waals surface area contributed by atoms with Crippen molar-refractivity contribution in [2.45, 2.75) is 30.3 Å². The van der Waals surface area contributed by atoms with Gasteiger partial charge in [-0.2, -0.15) is 9.36 Å². The Kier molecular flexibility index (Phi) is 7.17. The molecule has 0 bridgehead atoms. The number of hydrogen-bond donors (Lipinski definition) is 4. The standard InChI is InChI=1S/C20H24N10O5S2/c1-3-5-29-10(22)6-9(21)24-17(29)20(18(33)34)7-30-15(32)12(16(30)36-8-20)25-14(31)11(27-35-4-2)13-26-19(23)37-28-13/h3,6,12,16H,1,4-5,7-8H2,2H3,(H7,21,22,23,25,26,28,31,33,34)/t12?,16-,20?/m1/s1. The zero-order chi connectivity index (χ0) is 26.9. The van der Waals surface area contributed by atoms with Gasteiger partial charge in [-0.15, -0.1) is 11.8 Å². The molecule has 15 nitrogen and oxygen atoms in total. The first-order chi connectivity index (χ1) is 17.6. The number of carboxylic acids is 1. The molecule has 2 unspecified atom stereocenters. The minimum Gasteiger partial charge on any atom is -0.549 e. The monoisotopic (exact) mass is 548 g/mol. The number of oxime groups is 1. The van der Waals surface area contributed by atoms with Crippen LogP contribution in [-0.4, -0.2) is 73.1 Å². The number of amides is 2. The molecule has 4 rings (SSSR count). The molecule has 2 aliphatic heterocycles. The molecule has 0 aliphatic carbocycles. The average molecular weight is 549 g/mol. The number of aromatic nitrogens is 4. The summed E-state index contributed by atoms with van der Waals surface area (Å²) in [5.74, 6) is -2.47. The molecule has 0 aromatic carbocycles. The maximum Gasteiger partial charge on any atom is 0.278 e. The second-order valence-electron chi connectivity index (χ2n) is 8.13. The highest BCUT2D eigenvalue weighted by Gasteiger charge is 2.59. The van der Waals surface area contributed by atoms with E-state index >= 15 is 0 Å². The number of nitrogen functional groups attached to an aromatic ring is 3. The van der Waals surface area contributed by atoms with Crippen molar-refractivity contribution in [1.82, 2.24) is 24.6 Å². The normalized spacial score (nSPS) is 23.1. The second-order valence-corrected chi connectivity index (χ2v) is 10.0. The number of fused-ring (bicyclic) bond motifs is 1. The lowest BCUT2D eigenvalue weighted by Crippen LogP contribution is -2.76. The third-order valence-electron chi connectivity index (χ3n) is 5.75. The molecule has 2 aliphatic rings. The van der Waals surface area contributed by atoms with Crippen molar-refractivity contribution < 1.29 is 28.9 Å². The Bertz CT molecular complexity index is 1300. The van der Waals surface area contributed by atoms with Crippen molar-refractivity contribution in [2.24, 2.45) is 5.16 Å². The fourth-order valence-corrected chi connectivity index (χ4v) is 6.00. The first-order valence-corrected chi connectivity index (χ1v) is 12.8. The maximum absolute atomic E-state index is 13.1. The topological polar surface area (TPSA) is 232 Å². The molecule has 2 amide bonds. The van der Waals surface area contributed by atoms with Gasteiger partial charge in [0.2, 0.25) is 29.1 Å². The zero-order valence-corrected chi connectivity index (χ0v) is 21.3. The molecule has 196 valence electrons. The van der Waals surface area contributed by atoms with Crippen LogP contribution in [-0.2, 0) is 31.2 Å². The Labute approximate surface area is 218 Å². The number of nitrogens with two attached hydrogens (primary N) is 3. The number of aliphatic carboxylic acids is 1. The molecule has 2 saturated heterocycles. The summed E-state index contributed by atoms with van der Waals surface area (Å²) in [5, 5.41) is 18.5. The van der Waals surface area contributed by atoms with Crippen LogP contribution < -0.4 is 32.2 Å². The Morgan fingerprint density at radius 3 is 2.81 bits per heavy atom. The van der Waals surface area contributed by atoms with Gasteiger partial charge in [-0.1, -0.05) is 22.8 Å². The summed E-state index contributed by atoms with van der Waals surface area (Å²) >= 11 is 2.03. The lowest BCUT2D eigenvalue weighted by molar-refractivity contribution is -0.686. The van der Waals surface area contributed by atoms with E-state index in [1.54, 1.807) is 6.92 Å². The Morgan fingerprint density at radius 1 is 1.43 bits per heavy atom. The molecule has 2 fully saturated rings. The molecule has 17 heteroatoms. The number of nitrogens with one attached hydrogen (secondary N) is 1. The van der Waals surface area contributed by atoms with Gasteiger partial charge < -0.3 is 42.2 Å². The van der Waals surface area contributed by atoms with Crippen LogP contribution in [0.5, 0.6) is 0 Å². The van der Waals surface area contributed by atoms with Crippen molar-refractivity contribution in [3.63, 3.8) is 0 Å². The van der Waals surface area contributed by atoms with Gasteiger partial charge in [-0.3, -0.25) is 9.59 Å². The molecule has 3 atom stereocenters. The lowest BCUT2D eigenvalue weighted by Gasteiger charge is -2.54. The highest BCUT2D eigenvalue weighted by atomic mass is 32.2. The van der Waals surface area contributed by atoms with Gasteiger partial charge in [0, 0.05) is 23.8 Å². The van der Waals surface area contributed by atoms with Crippen molar-refractivity contribution in [3.05, 3.63) is 30.4 Å². The van der Waals surface area contributed by atoms with E-state index < -0.39 is 34.6 Å². The Balaban J connectivity index is 1.58. The molecule has 37 heavy (non-hydrogen) atoms. The first-order valence-electron chi connectivity index (χ1n) is 10.9. The summed E-state index contributed by atoms with van der Waals surface area (Å²) in [5.41, 5.74) is 15.6. The summed E-state index contributed by atoms with van der Waals surface area (Å²) in [4.78, 5) is 53.1. The number of nitrogens with zero attached hydrogens (tertiary/aromatic N) is 6. The number of carboxylic acid groups (broad SMARTS) is 1. The summed E-state index contributed by atoms with van der Waals surface area (Å²) < 4.78 is 5.44. The number of allylic oxidation sites excluding steroid dienone is 1. The largest absolute Gasteiger partial charge is 0.549 e. The van der Waals surface area contributed by atoms with Crippen LogP contribution in [0.2, 0.25) is 0 Å². The molecule has 0 saturated carbocycles. The number of hydrogen-bond acceptors (Lipinski definition) is 14. The average Bonchev–Trinajstić information content (AvgIpc) is 3.29. The van der Waals surface area contributed by atoms with E-state index in [0.29, 0.717) is 0 Å². The zero-order valence-electron chi connectivity index (χ0n) is 19.6. The molecule has 2 aromatic rings. The van der Waals surface area contributed by atoms with Gasteiger partial charge in [-0.25, -0.2) is 4.57 Å². The van der Waals surface area contributed by atoms with Crippen molar-refractivity contribution in [3.8, 4) is 0 Å². The fraction of sp³-hybridized carbons (Fsp3) is 0.400. The van der Waals surface area contributed by atoms with E-state index in [2.05, 4.69) is 31.4 Å². The van der Waals surface area contributed by atoms with Crippen molar-refractivity contribution in [2.75, 3.05) is 36.1 Å². The number of thioether (sulfide) groups is 1. The highest BCUT2D eigenvalue weighted by molar-refractivity contribution is 8.00.